The van der Waals surface area contributed by atoms with Crippen molar-refractivity contribution in [1.29, 1.82) is 0 Å². The molecule has 0 unspecified atom stereocenters. The predicted molar refractivity (Wildman–Crippen MR) is 112 cm³/mol. The molecule has 1 aliphatic rings. The first kappa shape index (κ1) is 20.4. The number of amides is 1. The highest BCUT2D eigenvalue weighted by Crippen LogP contribution is 2.22. The minimum Gasteiger partial charge on any atom is -0.374 e. The number of nitrogens with zero attached hydrogens (tertiary/aromatic N) is 1. The van der Waals surface area contributed by atoms with Gasteiger partial charge in [-0.2, -0.15) is 4.31 Å². The molecule has 1 aliphatic heterocycles. The maximum atomic E-state index is 12.6. The average molecular weight is 402 g/mol. The Hall–Kier alpha value is -2.38. The van der Waals surface area contributed by atoms with Gasteiger partial charge < -0.3 is 10.6 Å². The predicted octanol–water partition coefficient (Wildman–Crippen LogP) is 3.47. The molecule has 0 spiro atoms. The zero-order chi connectivity index (χ0) is 20.1. The molecule has 1 fully saturated rings. The minimum atomic E-state index is -3.44. The summed E-state index contributed by atoms with van der Waals surface area (Å²) >= 11 is 0. The zero-order valence-corrected chi connectivity index (χ0v) is 17.1. The lowest BCUT2D eigenvalue weighted by Crippen LogP contribution is -2.32. The van der Waals surface area contributed by atoms with Gasteiger partial charge >= 0.3 is 0 Å². The van der Waals surface area contributed by atoms with Crippen molar-refractivity contribution in [2.24, 2.45) is 0 Å². The minimum absolute atomic E-state index is 0.180. The van der Waals surface area contributed by atoms with E-state index < -0.39 is 16.1 Å². The Morgan fingerprint density at radius 2 is 1.71 bits per heavy atom. The van der Waals surface area contributed by atoms with E-state index in [4.69, 9.17) is 0 Å². The molecule has 1 atom stereocenters. The van der Waals surface area contributed by atoms with E-state index >= 15 is 0 Å². The van der Waals surface area contributed by atoms with Crippen molar-refractivity contribution in [3.63, 3.8) is 0 Å². The number of hydrogen-bond donors (Lipinski definition) is 2. The van der Waals surface area contributed by atoms with Crippen LogP contribution in [0.5, 0.6) is 0 Å². The number of carbonyl (C=O) groups is 1. The van der Waals surface area contributed by atoms with Crippen LogP contribution >= 0.6 is 0 Å². The van der Waals surface area contributed by atoms with Crippen molar-refractivity contribution in [2.45, 2.75) is 44.0 Å². The highest BCUT2D eigenvalue weighted by molar-refractivity contribution is 7.89. The molecule has 7 heteroatoms. The molecule has 2 N–H and O–H groups in total. The van der Waals surface area contributed by atoms with E-state index in [1.165, 1.54) is 4.31 Å². The van der Waals surface area contributed by atoms with Crippen molar-refractivity contribution >= 4 is 27.3 Å². The van der Waals surface area contributed by atoms with E-state index in [0.29, 0.717) is 18.8 Å². The SMILES string of the molecule is CCc1ccccc1N[C@@H](C)C(=O)Nc1ccc(S(=O)(=O)N2CCCC2)cc1. The molecule has 1 saturated heterocycles. The molecule has 28 heavy (non-hydrogen) atoms. The number of sulfonamides is 1. The third-order valence-electron chi connectivity index (χ3n) is 4.99. The highest BCUT2D eigenvalue weighted by atomic mass is 32.2. The van der Waals surface area contributed by atoms with Crippen molar-refractivity contribution in [2.75, 3.05) is 23.7 Å². The third kappa shape index (κ3) is 4.54. The van der Waals surface area contributed by atoms with E-state index in [1.807, 2.05) is 24.3 Å². The van der Waals surface area contributed by atoms with Gasteiger partial charge in [0.25, 0.3) is 0 Å². The molecule has 0 bridgehead atoms. The van der Waals surface area contributed by atoms with E-state index in [2.05, 4.69) is 17.6 Å². The summed E-state index contributed by atoms with van der Waals surface area (Å²) in [5.74, 6) is -0.180. The first-order chi connectivity index (χ1) is 13.4. The molecular weight excluding hydrogens is 374 g/mol. The lowest BCUT2D eigenvalue weighted by atomic mass is 10.1. The van der Waals surface area contributed by atoms with Crippen LogP contribution < -0.4 is 10.6 Å². The van der Waals surface area contributed by atoms with Gasteiger partial charge in [-0.05, 0) is 62.1 Å². The molecular formula is C21H27N3O3S. The van der Waals surface area contributed by atoms with Crippen molar-refractivity contribution in [1.82, 2.24) is 4.31 Å². The Bertz CT molecular complexity index is 920. The largest absolute Gasteiger partial charge is 0.374 e. The van der Waals surface area contributed by atoms with Gasteiger partial charge in [-0.25, -0.2) is 8.42 Å². The summed E-state index contributed by atoms with van der Waals surface area (Å²) in [6.07, 6.45) is 2.68. The standard InChI is InChI=1S/C21H27N3O3S/c1-3-17-8-4-5-9-20(17)22-16(2)21(25)23-18-10-12-19(13-11-18)28(26,27)24-14-6-7-15-24/h4-5,8-13,16,22H,3,6-7,14-15H2,1-2H3,(H,23,25)/t16-/m0/s1. The summed E-state index contributed by atoms with van der Waals surface area (Å²) in [4.78, 5) is 12.8. The monoisotopic (exact) mass is 401 g/mol. The van der Waals surface area contributed by atoms with Crippen LogP contribution in [-0.2, 0) is 21.2 Å². The number of carbonyl (C=O) groups excluding carboxylic acids is 1. The van der Waals surface area contributed by atoms with Gasteiger partial charge in [-0.1, -0.05) is 25.1 Å². The molecule has 3 rings (SSSR count). The Labute approximate surface area is 167 Å². The Balaban J connectivity index is 1.64. The van der Waals surface area contributed by atoms with Crippen LogP contribution in [0.25, 0.3) is 0 Å². The first-order valence-electron chi connectivity index (χ1n) is 9.67. The van der Waals surface area contributed by atoms with Gasteiger partial charge in [-0.3, -0.25) is 4.79 Å². The summed E-state index contributed by atoms with van der Waals surface area (Å²) in [7, 11) is -3.44. The number of aryl methyl sites for hydroxylation is 1. The molecule has 0 radical (unpaired) electrons. The summed E-state index contributed by atoms with van der Waals surface area (Å²) in [5, 5.41) is 6.08. The normalized spacial score (nSPS) is 15.9. The number of rotatable bonds is 7. The van der Waals surface area contributed by atoms with Crippen LogP contribution in [-0.4, -0.2) is 37.8 Å². The summed E-state index contributed by atoms with van der Waals surface area (Å²) in [5.41, 5.74) is 2.67. The molecule has 0 saturated carbocycles. The number of hydrogen-bond acceptors (Lipinski definition) is 4. The molecule has 6 nitrogen and oxygen atoms in total. The van der Waals surface area contributed by atoms with Gasteiger partial charge in [0.2, 0.25) is 15.9 Å². The smallest absolute Gasteiger partial charge is 0.246 e. The van der Waals surface area contributed by atoms with E-state index in [9.17, 15) is 13.2 Å². The zero-order valence-electron chi connectivity index (χ0n) is 16.3. The quantitative estimate of drug-likeness (QED) is 0.745. The van der Waals surface area contributed by atoms with Crippen molar-refractivity contribution in [3.8, 4) is 0 Å². The Kier molecular flexibility index (Phi) is 6.36. The van der Waals surface area contributed by atoms with E-state index in [1.54, 1.807) is 31.2 Å². The van der Waals surface area contributed by atoms with Crippen molar-refractivity contribution in [3.05, 3.63) is 54.1 Å². The topological polar surface area (TPSA) is 78.5 Å². The maximum absolute atomic E-state index is 12.6. The fourth-order valence-corrected chi connectivity index (χ4v) is 4.82. The van der Waals surface area contributed by atoms with Crippen LogP contribution in [0.15, 0.2) is 53.4 Å². The van der Waals surface area contributed by atoms with E-state index in [0.717, 1.165) is 30.5 Å². The molecule has 2 aromatic carbocycles. The van der Waals surface area contributed by atoms with Crippen LogP contribution in [0.3, 0.4) is 0 Å². The van der Waals surface area contributed by atoms with Crippen LogP contribution in [0.1, 0.15) is 32.3 Å². The van der Waals surface area contributed by atoms with Gasteiger partial charge in [-0.15, -0.1) is 0 Å². The lowest BCUT2D eigenvalue weighted by Gasteiger charge is -2.18. The molecule has 1 amide bonds. The fourth-order valence-electron chi connectivity index (χ4n) is 3.31. The second-order valence-electron chi connectivity index (χ2n) is 7.00. The molecule has 2 aromatic rings. The average Bonchev–Trinajstić information content (AvgIpc) is 3.24. The van der Waals surface area contributed by atoms with Crippen LogP contribution in [0, 0.1) is 0 Å². The summed E-state index contributed by atoms with van der Waals surface area (Å²) in [6, 6.07) is 13.8. The molecule has 0 aliphatic carbocycles. The van der Waals surface area contributed by atoms with Gasteiger partial charge in [0.1, 0.15) is 6.04 Å². The second-order valence-corrected chi connectivity index (χ2v) is 8.94. The number of para-hydroxylation sites is 1. The number of nitrogens with one attached hydrogen (secondary N) is 2. The second kappa shape index (κ2) is 8.75. The van der Waals surface area contributed by atoms with Crippen LogP contribution in [0.4, 0.5) is 11.4 Å². The number of anilines is 2. The highest BCUT2D eigenvalue weighted by Gasteiger charge is 2.27. The third-order valence-corrected chi connectivity index (χ3v) is 6.90. The van der Waals surface area contributed by atoms with Gasteiger partial charge in [0.15, 0.2) is 0 Å². The molecule has 150 valence electrons. The van der Waals surface area contributed by atoms with Gasteiger partial charge in [0, 0.05) is 24.5 Å². The summed E-state index contributed by atoms with van der Waals surface area (Å²) < 4.78 is 26.6. The first-order valence-corrected chi connectivity index (χ1v) is 11.1. The fraction of sp³-hybridized carbons (Fsp3) is 0.381. The lowest BCUT2D eigenvalue weighted by molar-refractivity contribution is -0.116. The van der Waals surface area contributed by atoms with E-state index in [-0.39, 0.29) is 10.8 Å². The number of benzene rings is 2. The van der Waals surface area contributed by atoms with Crippen molar-refractivity contribution < 1.29 is 13.2 Å². The maximum Gasteiger partial charge on any atom is 0.246 e. The van der Waals surface area contributed by atoms with Gasteiger partial charge in [0.05, 0.1) is 4.90 Å². The summed E-state index contributed by atoms with van der Waals surface area (Å²) in [6.45, 7) is 5.02. The Morgan fingerprint density at radius 3 is 2.36 bits per heavy atom. The Morgan fingerprint density at radius 1 is 1.07 bits per heavy atom. The molecule has 1 heterocycles. The molecule has 0 aromatic heterocycles. The van der Waals surface area contributed by atoms with Crippen LogP contribution in [0.2, 0.25) is 0 Å².